The van der Waals surface area contributed by atoms with E-state index in [9.17, 15) is 0 Å². The van der Waals surface area contributed by atoms with Crippen molar-refractivity contribution in [3.8, 4) is 23.0 Å². The Morgan fingerprint density at radius 2 is 1.97 bits per heavy atom. The summed E-state index contributed by atoms with van der Waals surface area (Å²) in [6, 6.07) is 9.39. The van der Waals surface area contributed by atoms with Gasteiger partial charge in [-0.3, -0.25) is 4.99 Å². The van der Waals surface area contributed by atoms with E-state index in [0.717, 1.165) is 11.3 Å². The van der Waals surface area contributed by atoms with Crippen LogP contribution in [0.15, 0.2) is 35.3 Å². The van der Waals surface area contributed by atoms with Crippen LogP contribution in [-0.4, -0.2) is 39.9 Å². The lowest BCUT2D eigenvalue weighted by Gasteiger charge is -2.20. The van der Waals surface area contributed by atoms with Crippen molar-refractivity contribution in [3.05, 3.63) is 40.9 Å². The summed E-state index contributed by atoms with van der Waals surface area (Å²) in [5, 5.41) is 7.04. The third-order valence-electron chi connectivity index (χ3n) is 4.07. The van der Waals surface area contributed by atoms with E-state index < -0.39 is 0 Å². The van der Waals surface area contributed by atoms with Crippen LogP contribution in [0.3, 0.4) is 0 Å². The molecule has 9 heteroatoms. The van der Waals surface area contributed by atoms with Gasteiger partial charge in [-0.1, -0.05) is 11.6 Å². The van der Waals surface area contributed by atoms with Gasteiger partial charge in [0, 0.05) is 25.3 Å². The third kappa shape index (κ3) is 5.96. The Kier molecular flexibility index (Phi) is 8.97. The molecule has 0 radical (unpaired) electrons. The molecule has 2 N–H and O–H groups in total. The molecule has 0 amide bonds. The van der Waals surface area contributed by atoms with Gasteiger partial charge in [-0.25, -0.2) is 0 Å². The molecule has 0 saturated heterocycles. The highest BCUT2D eigenvalue weighted by molar-refractivity contribution is 14.0. The molecular weight excluding hydrogens is 509 g/mol. The highest BCUT2D eigenvalue weighted by Crippen LogP contribution is 2.38. The quantitative estimate of drug-likeness (QED) is 0.327. The number of halogens is 2. The zero-order valence-corrected chi connectivity index (χ0v) is 19.7. The maximum Gasteiger partial charge on any atom is 0.195 e. The Bertz CT molecular complexity index is 864. The number of nitrogens with one attached hydrogen (secondary N) is 2. The van der Waals surface area contributed by atoms with Crippen LogP contribution in [0.1, 0.15) is 12.5 Å². The van der Waals surface area contributed by atoms with Crippen LogP contribution in [0.2, 0.25) is 5.02 Å². The molecule has 0 spiro atoms. The van der Waals surface area contributed by atoms with Gasteiger partial charge in [-0.2, -0.15) is 0 Å². The van der Waals surface area contributed by atoms with Gasteiger partial charge in [0.1, 0.15) is 13.2 Å². The fourth-order valence-electron chi connectivity index (χ4n) is 2.79. The monoisotopic (exact) mass is 533 g/mol. The molecule has 0 aromatic heterocycles. The van der Waals surface area contributed by atoms with Gasteiger partial charge in [0.05, 0.1) is 18.7 Å². The van der Waals surface area contributed by atoms with Crippen LogP contribution in [0, 0.1) is 0 Å². The molecule has 1 aliphatic heterocycles. The summed E-state index contributed by atoms with van der Waals surface area (Å²) in [5.41, 5.74) is 1.79. The summed E-state index contributed by atoms with van der Waals surface area (Å²) in [5.74, 6) is 3.22. The largest absolute Gasteiger partial charge is 0.493 e. The van der Waals surface area contributed by atoms with Gasteiger partial charge in [0.15, 0.2) is 29.0 Å². The van der Waals surface area contributed by atoms with Crippen molar-refractivity contribution in [2.75, 3.05) is 39.3 Å². The van der Waals surface area contributed by atoms with Crippen LogP contribution < -0.4 is 29.6 Å². The van der Waals surface area contributed by atoms with E-state index >= 15 is 0 Å². The van der Waals surface area contributed by atoms with E-state index in [-0.39, 0.29) is 24.0 Å². The second-order valence-corrected chi connectivity index (χ2v) is 6.36. The highest BCUT2D eigenvalue weighted by Gasteiger charge is 2.16. The molecule has 3 rings (SSSR count). The normalized spacial score (nSPS) is 12.6. The standard InChI is InChI=1S/C20H24ClN3O4.HI/c1-4-26-17-11-14(5-6-16(17)25-3)24-20(22-2)23-12-13-9-15(21)19-18(10-13)27-7-8-28-19;/h5-6,9-11H,4,7-8,12H2,1-3H3,(H2,22,23,24);1H. The van der Waals surface area contributed by atoms with Crippen LogP contribution in [0.5, 0.6) is 23.0 Å². The number of hydrogen-bond donors (Lipinski definition) is 2. The Balaban J connectivity index is 0.00000300. The van der Waals surface area contributed by atoms with Crippen molar-refractivity contribution < 1.29 is 18.9 Å². The number of aliphatic imine (C=N–C) groups is 1. The van der Waals surface area contributed by atoms with Gasteiger partial charge < -0.3 is 29.6 Å². The average molecular weight is 534 g/mol. The summed E-state index contributed by atoms with van der Waals surface area (Å²) in [6.45, 7) is 4.02. The summed E-state index contributed by atoms with van der Waals surface area (Å²) in [4.78, 5) is 4.26. The zero-order chi connectivity index (χ0) is 19.9. The zero-order valence-electron chi connectivity index (χ0n) is 16.6. The van der Waals surface area contributed by atoms with Crippen LogP contribution in [-0.2, 0) is 6.54 Å². The highest BCUT2D eigenvalue weighted by atomic mass is 127. The molecule has 0 unspecified atom stereocenters. The predicted octanol–water partition coefficient (Wildman–Crippen LogP) is 4.32. The molecule has 2 aromatic carbocycles. The molecule has 0 saturated carbocycles. The molecule has 1 heterocycles. The Hall–Kier alpha value is -2.07. The molecule has 0 fully saturated rings. The first kappa shape index (κ1) is 23.2. The Labute approximate surface area is 192 Å². The average Bonchev–Trinajstić information content (AvgIpc) is 2.71. The minimum atomic E-state index is 0. The molecule has 158 valence electrons. The molecule has 2 aromatic rings. The topological polar surface area (TPSA) is 73.3 Å². The summed E-state index contributed by atoms with van der Waals surface area (Å²) in [6.07, 6.45) is 0. The SMILES string of the molecule is CCOc1cc(NC(=NC)NCc2cc(Cl)c3c(c2)OCCO3)ccc1OC.I. The first-order valence-electron chi connectivity index (χ1n) is 9.01. The number of anilines is 1. The first-order valence-corrected chi connectivity index (χ1v) is 9.39. The number of benzene rings is 2. The van der Waals surface area contributed by atoms with Crippen LogP contribution in [0.25, 0.3) is 0 Å². The maximum absolute atomic E-state index is 6.30. The van der Waals surface area contributed by atoms with E-state index in [1.165, 1.54) is 0 Å². The van der Waals surface area contributed by atoms with Gasteiger partial charge in [0.2, 0.25) is 0 Å². The van der Waals surface area contributed by atoms with Crippen molar-refractivity contribution in [2.24, 2.45) is 4.99 Å². The minimum absolute atomic E-state index is 0. The van der Waals surface area contributed by atoms with E-state index in [0.29, 0.717) is 60.3 Å². The Morgan fingerprint density at radius 1 is 1.17 bits per heavy atom. The second-order valence-electron chi connectivity index (χ2n) is 5.95. The maximum atomic E-state index is 6.30. The number of methoxy groups -OCH3 is 1. The van der Waals surface area contributed by atoms with Gasteiger partial charge in [-0.15, -0.1) is 24.0 Å². The Morgan fingerprint density at radius 3 is 2.69 bits per heavy atom. The van der Waals surface area contributed by atoms with Gasteiger partial charge >= 0.3 is 0 Å². The molecule has 1 aliphatic rings. The predicted molar refractivity (Wildman–Crippen MR) is 126 cm³/mol. The van der Waals surface area contributed by atoms with Crippen molar-refractivity contribution in [2.45, 2.75) is 13.5 Å². The molecule has 29 heavy (non-hydrogen) atoms. The number of rotatable bonds is 6. The lowest BCUT2D eigenvalue weighted by molar-refractivity contribution is 0.171. The molecular formula is C20H25ClIN3O4. The van der Waals surface area contributed by atoms with E-state index in [2.05, 4.69) is 15.6 Å². The van der Waals surface area contributed by atoms with Crippen molar-refractivity contribution in [3.63, 3.8) is 0 Å². The number of fused-ring (bicyclic) bond motifs is 1. The van der Waals surface area contributed by atoms with E-state index in [1.807, 2.05) is 37.3 Å². The van der Waals surface area contributed by atoms with E-state index in [1.54, 1.807) is 14.2 Å². The lowest BCUT2D eigenvalue weighted by Crippen LogP contribution is -2.30. The fourth-order valence-corrected chi connectivity index (χ4v) is 3.08. The van der Waals surface area contributed by atoms with Gasteiger partial charge in [0.25, 0.3) is 0 Å². The first-order chi connectivity index (χ1) is 13.6. The smallest absolute Gasteiger partial charge is 0.195 e. The number of nitrogens with zero attached hydrogens (tertiary/aromatic N) is 1. The number of guanidine groups is 1. The van der Waals surface area contributed by atoms with Crippen LogP contribution >= 0.6 is 35.6 Å². The van der Waals surface area contributed by atoms with Crippen LogP contribution in [0.4, 0.5) is 5.69 Å². The second kappa shape index (κ2) is 11.2. The molecule has 0 aliphatic carbocycles. The van der Waals surface area contributed by atoms with E-state index in [4.69, 9.17) is 30.5 Å². The molecule has 0 atom stereocenters. The van der Waals surface area contributed by atoms with Crippen molar-refractivity contribution in [1.82, 2.24) is 5.32 Å². The lowest BCUT2D eigenvalue weighted by atomic mass is 10.2. The van der Waals surface area contributed by atoms with Crippen molar-refractivity contribution in [1.29, 1.82) is 0 Å². The number of hydrogen-bond acceptors (Lipinski definition) is 5. The van der Waals surface area contributed by atoms with Gasteiger partial charge in [-0.05, 0) is 36.8 Å². The number of ether oxygens (including phenoxy) is 4. The summed E-state index contributed by atoms with van der Waals surface area (Å²) < 4.78 is 22.1. The third-order valence-corrected chi connectivity index (χ3v) is 4.35. The van der Waals surface area contributed by atoms with Crippen molar-refractivity contribution >= 4 is 47.2 Å². The summed E-state index contributed by atoms with van der Waals surface area (Å²) >= 11 is 6.30. The fraction of sp³-hybridized carbons (Fsp3) is 0.350. The summed E-state index contributed by atoms with van der Waals surface area (Å²) in [7, 11) is 3.32. The molecule has 0 bridgehead atoms. The minimum Gasteiger partial charge on any atom is -0.493 e. The molecule has 7 nitrogen and oxygen atoms in total.